The van der Waals surface area contributed by atoms with E-state index in [2.05, 4.69) is 10.1 Å². The molecule has 0 aliphatic rings. The Balaban J connectivity index is 2.51. The quantitative estimate of drug-likeness (QED) is 0.733. The topological polar surface area (TPSA) is 50.9 Å². The largest absolute Gasteiger partial charge is 0.392 e. The maximum Gasteiger partial charge on any atom is 0.158 e. The second kappa shape index (κ2) is 3.37. The Morgan fingerprint density at radius 2 is 2.23 bits per heavy atom. The van der Waals surface area contributed by atoms with E-state index in [1.165, 1.54) is 0 Å². The summed E-state index contributed by atoms with van der Waals surface area (Å²) in [6, 6.07) is 5.43. The van der Waals surface area contributed by atoms with E-state index in [0.717, 1.165) is 5.56 Å². The van der Waals surface area contributed by atoms with Crippen molar-refractivity contribution >= 4 is 0 Å². The monoisotopic (exact) mass is 175 g/mol. The van der Waals surface area contributed by atoms with Crippen molar-refractivity contribution in [3.05, 3.63) is 42.4 Å². The lowest BCUT2D eigenvalue weighted by atomic mass is 10.3. The molecule has 0 saturated carbocycles. The summed E-state index contributed by atoms with van der Waals surface area (Å²) in [6.45, 7) is -0.0248. The van der Waals surface area contributed by atoms with Gasteiger partial charge in [-0.25, -0.2) is 9.67 Å². The molecule has 2 rings (SSSR count). The standard InChI is InChI=1S/C9H9N3O/c13-7-8-3-1-4-10-9(8)12-6-2-5-11-12/h1-6,13H,7H2. The lowest BCUT2D eigenvalue weighted by Gasteiger charge is -2.04. The highest BCUT2D eigenvalue weighted by atomic mass is 16.3. The van der Waals surface area contributed by atoms with Gasteiger partial charge in [-0.3, -0.25) is 0 Å². The maximum atomic E-state index is 9.04. The van der Waals surface area contributed by atoms with Gasteiger partial charge in [0.2, 0.25) is 0 Å². The molecule has 0 radical (unpaired) electrons. The Morgan fingerprint density at radius 3 is 2.92 bits per heavy atom. The van der Waals surface area contributed by atoms with Crippen LogP contribution < -0.4 is 0 Å². The van der Waals surface area contributed by atoms with Gasteiger partial charge in [-0.15, -0.1) is 0 Å². The first kappa shape index (κ1) is 7.94. The summed E-state index contributed by atoms with van der Waals surface area (Å²) >= 11 is 0. The molecule has 4 nitrogen and oxygen atoms in total. The minimum absolute atomic E-state index is 0.0248. The van der Waals surface area contributed by atoms with Crippen LogP contribution in [0.5, 0.6) is 0 Å². The van der Waals surface area contributed by atoms with E-state index in [4.69, 9.17) is 5.11 Å². The van der Waals surface area contributed by atoms with Crippen molar-refractivity contribution in [3.63, 3.8) is 0 Å². The maximum absolute atomic E-state index is 9.04. The van der Waals surface area contributed by atoms with Crippen molar-refractivity contribution < 1.29 is 5.11 Å². The first-order valence-corrected chi connectivity index (χ1v) is 3.96. The second-order valence-electron chi connectivity index (χ2n) is 2.59. The fourth-order valence-electron chi connectivity index (χ4n) is 1.15. The Bertz CT molecular complexity index is 384. The summed E-state index contributed by atoms with van der Waals surface area (Å²) in [6.07, 6.45) is 5.15. The molecular formula is C9H9N3O. The minimum Gasteiger partial charge on any atom is -0.392 e. The predicted molar refractivity (Wildman–Crippen MR) is 47.3 cm³/mol. The van der Waals surface area contributed by atoms with Gasteiger partial charge in [0, 0.05) is 24.2 Å². The summed E-state index contributed by atoms with van der Waals surface area (Å²) in [5, 5.41) is 13.1. The zero-order chi connectivity index (χ0) is 9.10. The summed E-state index contributed by atoms with van der Waals surface area (Å²) in [5.41, 5.74) is 0.770. The predicted octanol–water partition coefficient (Wildman–Crippen LogP) is 0.760. The van der Waals surface area contributed by atoms with E-state index in [1.807, 2.05) is 12.1 Å². The molecule has 0 unspecified atom stereocenters. The molecule has 4 heteroatoms. The van der Waals surface area contributed by atoms with Crippen molar-refractivity contribution in [1.82, 2.24) is 14.8 Å². The third-order valence-electron chi connectivity index (χ3n) is 1.76. The van der Waals surface area contributed by atoms with Crippen molar-refractivity contribution in [3.8, 4) is 5.82 Å². The van der Waals surface area contributed by atoms with Crippen LogP contribution in [0.25, 0.3) is 5.82 Å². The van der Waals surface area contributed by atoms with Gasteiger partial charge in [-0.1, -0.05) is 6.07 Å². The fourth-order valence-corrected chi connectivity index (χ4v) is 1.15. The van der Waals surface area contributed by atoms with Gasteiger partial charge >= 0.3 is 0 Å². The van der Waals surface area contributed by atoms with Gasteiger partial charge < -0.3 is 5.11 Å². The normalized spacial score (nSPS) is 10.2. The zero-order valence-corrected chi connectivity index (χ0v) is 6.96. The molecule has 0 aliphatic heterocycles. The van der Waals surface area contributed by atoms with Gasteiger partial charge in [-0.05, 0) is 12.1 Å². The number of pyridine rings is 1. The molecular weight excluding hydrogens is 166 g/mol. The first-order valence-electron chi connectivity index (χ1n) is 3.96. The van der Waals surface area contributed by atoms with Crippen molar-refractivity contribution in [2.24, 2.45) is 0 Å². The van der Waals surface area contributed by atoms with Gasteiger partial charge in [0.15, 0.2) is 5.82 Å². The number of aliphatic hydroxyl groups is 1. The number of aliphatic hydroxyl groups excluding tert-OH is 1. The Morgan fingerprint density at radius 1 is 1.31 bits per heavy atom. The molecule has 0 amide bonds. The molecule has 2 heterocycles. The molecule has 0 bridgehead atoms. The smallest absolute Gasteiger partial charge is 0.158 e. The molecule has 0 fully saturated rings. The molecule has 2 aromatic heterocycles. The Labute approximate surface area is 75.5 Å². The molecule has 66 valence electrons. The van der Waals surface area contributed by atoms with E-state index in [1.54, 1.807) is 29.3 Å². The average molecular weight is 175 g/mol. The Kier molecular flexibility index (Phi) is 2.06. The summed E-state index contributed by atoms with van der Waals surface area (Å²) < 4.78 is 1.63. The summed E-state index contributed by atoms with van der Waals surface area (Å²) in [5.74, 6) is 0.676. The number of nitrogens with zero attached hydrogens (tertiary/aromatic N) is 3. The van der Waals surface area contributed by atoms with Crippen LogP contribution in [-0.2, 0) is 6.61 Å². The van der Waals surface area contributed by atoms with Crippen LogP contribution in [0.3, 0.4) is 0 Å². The highest BCUT2D eigenvalue weighted by Crippen LogP contribution is 2.09. The van der Waals surface area contributed by atoms with Gasteiger partial charge in [0.1, 0.15) is 0 Å². The van der Waals surface area contributed by atoms with Crippen molar-refractivity contribution in [1.29, 1.82) is 0 Å². The van der Waals surface area contributed by atoms with E-state index in [-0.39, 0.29) is 6.61 Å². The van der Waals surface area contributed by atoms with Crippen LogP contribution in [0.15, 0.2) is 36.8 Å². The van der Waals surface area contributed by atoms with Crippen LogP contribution in [-0.4, -0.2) is 19.9 Å². The van der Waals surface area contributed by atoms with E-state index in [0.29, 0.717) is 5.82 Å². The molecule has 1 N–H and O–H groups in total. The fraction of sp³-hybridized carbons (Fsp3) is 0.111. The van der Waals surface area contributed by atoms with Crippen LogP contribution in [0.4, 0.5) is 0 Å². The number of hydrogen-bond acceptors (Lipinski definition) is 3. The number of hydrogen-bond donors (Lipinski definition) is 1. The number of aromatic nitrogens is 3. The molecule has 0 spiro atoms. The molecule has 0 aromatic carbocycles. The average Bonchev–Trinajstić information content (AvgIpc) is 2.70. The van der Waals surface area contributed by atoms with Crippen LogP contribution >= 0.6 is 0 Å². The van der Waals surface area contributed by atoms with Gasteiger partial charge in [0.05, 0.1) is 6.61 Å². The van der Waals surface area contributed by atoms with Crippen molar-refractivity contribution in [2.75, 3.05) is 0 Å². The zero-order valence-electron chi connectivity index (χ0n) is 6.96. The van der Waals surface area contributed by atoms with E-state index < -0.39 is 0 Å². The van der Waals surface area contributed by atoms with Crippen LogP contribution in [0, 0.1) is 0 Å². The molecule has 2 aromatic rings. The van der Waals surface area contributed by atoms with E-state index in [9.17, 15) is 0 Å². The summed E-state index contributed by atoms with van der Waals surface area (Å²) in [7, 11) is 0. The molecule has 0 saturated heterocycles. The molecule has 0 atom stereocenters. The SMILES string of the molecule is OCc1cccnc1-n1cccn1. The third kappa shape index (κ3) is 1.43. The highest BCUT2D eigenvalue weighted by Gasteiger charge is 2.03. The number of rotatable bonds is 2. The molecule has 0 aliphatic carbocycles. The minimum atomic E-state index is -0.0248. The van der Waals surface area contributed by atoms with Crippen molar-refractivity contribution in [2.45, 2.75) is 6.61 Å². The van der Waals surface area contributed by atoms with Crippen LogP contribution in [0.2, 0.25) is 0 Å². The highest BCUT2D eigenvalue weighted by molar-refractivity contribution is 5.31. The van der Waals surface area contributed by atoms with Crippen LogP contribution in [0.1, 0.15) is 5.56 Å². The van der Waals surface area contributed by atoms with Gasteiger partial charge in [0.25, 0.3) is 0 Å². The van der Waals surface area contributed by atoms with E-state index >= 15 is 0 Å². The lowest BCUT2D eigenvalue weighted by molar-refractivity contribution is 0.281. The third-order valence-corrected chi connectivity index (χ3v) is 1.76. The first-order chi connectivity index (χ1) is 6.42. The Hall–Kier alpha value is -1.68. The lowest BCUT2D eigenvalue weighted by Crippen LogP contribution is -2.02. The summed E-state index contributed by atoms with van der Waals surface area (Å²) in [4.78, 5) is 4.13. The molecule has 13 heavy (non-hydrogen) atoms. The van der Waals surface area contributed by atoms with Gasteiger partial charge in [-0.2, -0.15) is 5.10 Å². The second-order valence-corrected chi connectivity index (χ2v) is 2.59.